The lowest BCUT2D eigenvalue weighted by Gasteiger charge is -2.31. The predicted octanol–water partition coefficient (Wildman–Crippen LogP) is 3.62. The quantitative estimate of drug-likeness (QED) is 0.374. The van der Waals surface area contributed by atoms with Crippen molar-refractivity contribution in [2.75, 3.05) is 29.0 Å². The molecule has 4 heterocycles. The summed E-state index contributed by atoms with van der Waals surface area (Å²) in [5.74, 6) is -0.500. The molecule has 1 aliphatic heterocycles. The van der Waals surface area contributed by atoms with Gasteiger partial charge >= 0.3 is 6.03 Å². The molecule has 0 radical (unpaired) electrons. The van der Waals surface area contributed by atoms with Gasteiger partial charge in [-0.25, -0.2) is 18.7 Å². The van der Waals surface area contributed by atoms with E-state index in [0.717, 1.165) is 76.3 Å². The number of hydrogen-bond acceptors (Lipinski definition) is 7. The molecule has 0 bridgehead atoms. The Hall–Kier alpha value is -3.96. The number of halogens is 1. The van der Waals surface area contributed by atoms with Gasteiger partial charge in [0.05, 0.1) is 23.8 Å². The first-order valence-electron chi connectivity index (χ1n) is 13.4. The van der Waals surface area contributed by atoms with Crippen LogP contribution in [0.1, 0.15) is 61.9 Å². The van der Waals surface area contributed by atoms with E-state index >= 15 is 0 Å². The number of pyridine rings is 1. The summed E-state index contributed by atoms with van der Waals surface area (Å²) in [6.07, 6.45) is 11.8. The van der Waals surface area contributed by atoms with Crippen molar-refractivity contribution in [3.05, 3.63) is 42.2 Å². The van der Waals surface area contributed by atoms with Gasteiger partial charge in [0.15, 0.2) is 17.2 Å². The Labute approximate surface area is 219 Å². The Morgan fingerprint density at radius 1 is 0.921 bits per heavy atom. The highest BCUT2D eigenvalue weighted by Gasteiger charge is 2.27. The van der Waals surface area contributed by atoms with Crippen LogP contribution in [0.2, 0.25) is 0 Å². The van der Waals surface area contributed by atoms with Gasteiger partial charge in [0, 0.05) is 43.5 Å². The molecule has 200 valence electrons. The number of aromatic nitrogens is 4. The third-order valence-corrected chi connectivity index (χ3v) is 7.46. The molecule has 3 amide bonds. The Bertz CT molecular complexity index is 1330. The molecule has 2 aliphatic carbocycles. The van der Waals surface area contributed by atoms with Crippen LogP contribution in [-0.4, -0.2) is 67.6 Å². The van der Waals surface area contributed by atoms with Crippen LogP contribution >= 0.6 is 0 Å². The Morgan fingerprint density at radius 3 is 2.37 bits per heavy atom. The van der Waals surface area contributed by atoms with Crippen molar-refractivity contribution in [1.82, 2.24) is 29.8 Å². The second kappa shape index (κ2) is 10.4. The number of amides is 3. The van der Waals surface area contributed by atoms with Gasteiger partial charge in [-0.3, -0.25) is 9.78 Å². The maximum atomic E-state index is 14.1. The monoisotopic (exact) mass is 521 g/mol. The van der Waals surface area contributed by atoms with Crippen LogP contribution in [0, 0.1) is 5.82 Å². The van der Waals surface area contributed by atoms with Gasteiger partial charge in [-0.05, 0) is 57.4 Å². The van der Waals surface area contributed by atoms with Crippen LogP contribution < -0.4 is 21.3 Å². The van der Waals surface area contributed by atoms with Gasteiger partial charge in [-0.2, -0.15) is 0 Å². The summed E-state index contributed by atoms with van der Waals surface area (Å²) in [7, 11) is 0. The Balaban J connectivity index is 1.16. The summed E-state index contributed by atoms with van der Waals surface area (Å²) >= 11 is 0. The molecule has 6 rings (SSSR count). The van der Waals surface area contributed by atoms with Gasteiger partial charge in [0.1, 0.15) is 5.82 Å². The number of hydrogen-bond donors (Lipinski definition) is 4. The maximum absolute atomic E-state index is 14.1. The number of rotatable bonds is 7. The zero-order valence-corrected chi connectivity index (χ0v) is 21.1. The van der Waals surface area contributed by atoms with Crippen molar-refractivity contribution in [3.63, 3.8) is 0 Å². The standard InChI is InChI=1S/C26H32FN9O2/c27-19-14-28-10-9-20(19)33-25(37)22-15-29-24-21(30-16-3-4-16)13-23(34-36(22)24)31-17-5-7-18(8-6-17)32-26(38)35-11-1-2-12-35/h9-10,13-18,30H,1-8,11-12H2,(H,31,34)(H,32,38)(H,28,33,37)/t17-,18-. The number of nitrogens with zero attached hydrogens (tertiary/aromatic N) is 5. The van der Waals surface area contributed by atoms with Crippen LogP contribution in [0.5, 0.6) is 0 Å². The first-order chi connectivity index (χ1) is 18.5. The third kappa shape index (κ3) is 5.34. The molecule has 1 saturated heterocycles. The van der Waals surface area contributed by atoms with E-state index in [1.165, 1.54) is 23.0 Å². The molecule has 0 atom stereocenters. The van der Waals surface area contributed by atoms with Gasteiger partial charge < -0.3 is 26.2 Å². The highest BCUT2D eigenvalue weighted by Crippen LogP contribution is 2.30. The zero-order chi connectivity index (χ0) is 26.1. The molecule has 3 aromatic rings. The largest absolute Gasteiger partial charge is 0.379 e. The van der Waals surface area contributed by atoms with Gasteiger partial charge in [0.25, 0.3) is 5.91 Å². The average Bonchev–Trinajstić information content (AvgIpc) is 3.37. The first-order valence-corrected chi connectivity index (χ1v) is 13.4. The first kappa shape index (κ1) is 24.4. The maximum Gasteiger partial charge on any atom is 0.317 e. The molecular weight excluding hydrogens is 489 g/mol. The van der Waals surface area contributed by atoms with E-state index in [1.54, 1.807) is 0 Å². The number of nitrogens with one attached hydrogen (secondary N) is 4. The molecule has 4 N–H and O–H groups in total. The molecular formula is C26H32FN9O2. The van der Waals surface area contributed by atoms with Crippen LogP contribution in [0.4, 0.5) is 26.4 Å². The lowest BCUT2D eigenvalue weighted by molar-refractivity contribution is 0.102. The van der Waals surface area contributed by atoms with Crippen molar-refractivity contribution in [1.29, 1.82) is 0 Å². The van der Waals surface area contributed by atoms with Crippen molar-refractivity contribution >= 4 is 34.8 Å². The number of carbonyl (C=O) groups is 2. The van der Waals surface area contributed by atoms with Crippen molar-refractivity contribution in [2.24, 2.45) is 0 Å². The molecule has 11 nitrogen and oxygen atoms in total. The second-order valence-electron chi connectivity index (χ2n) is 10.4. The van der Waals surface area contributed by atoms with Crippen LogP contribution in [0.3, 0.4) is 0 Å². The molecule has 0 spiro atoms. The fourth-order valence-electron chi connectivity index (χ4n) is 5.19. The second-order valence-corrected chi connectivity index (χ2v) is 10.4. The minimum atomic E-state index is -0.617. The van der Waals surface area contributed by atoms with E-state index in [9.17, 15) is 14.0 Å². The van der Waals surface area contributed by atoms with E-state index < -0.39 is 11.7 Å². The zero-order valence-electron chi connectivity index (χ0n) is 21.1. The number of anilines is 3. The van der Waals surface area contributed by atoms with E-state index in [1.807, 2.05) is 11.0 Å². The molecule has 0 aromatic carbocycles. The normalized spacial score (nSPS) is 21.3. The molecule has 0 unspecified atom stereocenters. The smallest absolute Gasteiger partial charge is 0.317 e. The van der Waals surface area contributed by atoms with E-state index in [-0.39, 0.29) is 29.5 Å². The molecule has 3 aliphatic rings. The van der Waals surface area contributed by atoms with E-state index in [4.69, 9.17) is 0 Å². The van der Waals surface area contributed by atoms with Crippen molar-refractivity contribution in [3.8, 4) is 0 Å². The van der Waals surface area contributed by atoms with Crippen LogP contribution in [0.15, 0.2) is 30.7 Å². The number of imidazole rings is 1. The average molecular weight is 522 g/mol. The SMILES string of the molecule is O=C(Nc1ccncc1F)c1cnc2c(NC3CC3)cc(N[C@H]3CC[C@H](NC(=O)N4CCCC4)CC3)nn12. The lowest BCUT2D eigenvalue weighted by Crippen LogP contribution is -2.46. The van der Waals surface area contributed by atoms with Gasteiger partial charge in [-0.15, -0.1) is 5.10 Å². The molecule has 12 heteroatoms. The fraction of sp³-hybridized carbons (Fsp3) is 0.500. The van der Waals surface area contributed by atoms with Crippen molar-refractivity contribution in [2.45, 2.75) is 69.5 Å². The van der Waals surface area contributed by atoms with Crippen LogP contribution in [-0.2, 0) is 0 Å². The fourth-order valence-corrected chi connectivity index (χ4v) is 5.19. The molecule has 3 aromatic heterocycles. The van der Waals surface area contributed by atoms with E-state index in [0.29, 0.717) is 17.5 Å². The summed E-state index contributed by atoms with van der Waals surface area (Å²) in [5.41, 5.74) is 1.58. The molecule has 38 heavy (non-hydrogen) atoms. The summed E-state index contributed by atoms with van der Waals surface area (Å²) in [6, 6.07) is 4.15. The van der Waals surface area contributed by atoms with Crippen LogP contribution in [0.25, 0.3) is 5.65 Å². The highest BCUT2D eigenvalue weighted by atomic mass is 19.1. The number of likely N-dealkylation sites (tertiary alicyclic amines) is 1. The number of urea groups is 1. The van der Waals surface area contributed by atoms with E-state index in [2.05, 4.69) is 36.3 Å². The Kier molecular flexibility index (Phi) is 6.69. The summed E-state index contributed by atoms with van der Waals surface area (Å²) < 4.78 is 15.6. The Morgan fingerprint density at radius 2 is 1.63 bits per heavy atom. The summed E-state index contributed by atoms with van der Waals surface area (Å²) in [6.45, 7) is 1.69. The van der Waals surface area contributed by atoms with Gasteiger partial charge in [0.2, 0.25) is 0 Å². The molecule has 3 fully saturated rings. The number of carbonyl (C=O) groups excluding carboxylic acids is 2. The highest BCUT2D eigenvalue weighted by molar-refractivity contribution is 6.03. The van der Waals surface area contributed by atoms with Gasteiger partial charge in [-0.1, -0.05) is 0 Å². The van der Waals surface area contributed by atoms with Crippen molar-refractivity contribution < 1.29 is 14.0 Å². The number of fused-ring (bicyclic) bond motifs is 1. The minimum Gasteiger partial charge on any atom is -0.379 e. The third-order valence-electron chi connectivity index (χ3n) is 7.46. The predicted molar refractivity (Wildman–Crippen MR) is 141 cm³/mol. The minimum absolute atomic E-state index is 0.0409. The molecule has 2 saturated carbocycles. The summed E-state index contributed by atoms with van der Waals surface area (Å²) in [4.78, 5) is 35.5. The summed E-state index contributed by atoms with van der Waals surface area (Å²) in [5, 5.41) is 17.5. The lowest BCUT2D eigenvalue weighted by atomic mass is 9.91. The topological polar surface area (TPSA) is 129 Å².